The van der Waals surface area contributed by atoms with Gasteiger partial charge in [0.05, 0.1) is 29.0 Å². The fraction of sp³-hybridized carbons (Fsp3) is 0.524. The smallest absolute Gasteiger partial charge is 0.209 e. The normalized spacial score (nSPS) is 17.2. The third-order valence-electron chi connectivity index (χ3n) is 5.67. The highest BCUT2D eigenvalue weighted by atomic mass is 32.2. The Bertz CT molecular complexity index is 1120. The van der Waals surface area contributed by atoms with Gasteiger partial charge in [0.1, 0.15) is 17.9 Å². The molecule has 1 fully saturated rings. The minimum atomic E-state index is -3.34. The highest BCUT2D eigenvalue weighted by Gasteiger charge is 2.36. The van der Waals surface area contributed by atoms with Crippen LogP contribution >= 0.6 is 0 Å². The van der Waals surface area contributed by atoms with Crippen molar-refractivity contribution in [1.82, 2.24) is 19.3 Å². The SMILES string of the molecule is CCOCc1nc2cnc3ccccc3c2n1CC1(NS(C)(=O)=O)CCCCC1. The summed E-state index contributed by atoms with van der Waals surface area (Å²) in [5, 5.41) is 1.02. The maximum absolute atomic E-state index is 12.2. The first-order chi connectivity index (χ1) is 13.9. The van der Waals surface area contributed by atoms with E-state index in [1.54, 1.807) is 6.20 Å². The molecule has 1 saturated carbocycles. The van der Waals surface area contributed by atoms with E-state index in [0.29, 0.717) is 19.8 Å². The molecule has 1 aliphatic rings. The number of nitrogens with zero attached hydrogens (tertiary/aromatic N) is 3. The molecule has 2 heterocycles. The second-order valence-corrected chi connectivity index (χ2v) is 9.72. The number of sulfonamides is 1. The third-order valence-corrected chi connectivity index (χ3v) is 6.47. The Morgan fingerprint density at radius 2 is 1.93 bits per heavy atom. The Hall–Kier alpha value is -2.03. The lowest BCUT2D eigenvalue weighted by molar-refractivity contribution is 0.123. The summed E-state index contributed by atoms with van der Waals surface area (Å²) in [5.74, 6) is 0.806. The number of benzene rings is 1. The van der Waals surface area contributed by atoms with Crippen molar-refractivity contribution in [3.63, 3.8) is 0 Å². The molecule has 156 valence electrons. The Morgan fingerprint density at radius 3 is 2.66 bits per heavy atom. The molecule has 0 aliphatic heterocycles. The number of imidazole rings is 1. The van der Waals surface area contributed by atoms with E-state index >= 15 is 0 Å². The number of hydrogen-bond donors (Lipinski definition) is 1. The van der Waals surface area contributed by atoms with Crippen molar-refractivity contribution >= 4 is 32.0 Å². The van der Waals surface area contributed by atoms with Gasteiger partial charge in [-0.15, -0.1) is 0 Å². The van der Waals surface area contributed by atoms with Gasteiger partial charge in [-0.2, -0.15) is 0 Å². The highest BCUT2D eigenvalue weighted by molar-refractivity contribution is 7.88. The van der Waals surface area contributed by atoms with Gasteiger partial charge in [-0.3, -0.25) is 4.98 Å². The summed E-state index contributed by atoms with van der Waals surface area (Å²) in [6, 6.07) is 8.00. The van der Waals surface area contributed by atoms with Gasteiger partial charge in [-0.25, -0.2) is 18.1 Å². The maximum atomic E-state index is 12.2. The number of nitrogens with one attached hydrogen (secondary N) is 1. The first kappa shape index (κ1) is 20.3. The number of fused-ring (bicyclic) bond motifs is 3. The first-order valence-corrected chi connectivity index (χ1v) is 12.1. The topological polar surface area (TPSA) is 86.1 Å². The van der Waals surface area contributed by atoms with E-state index in [1.165, 1.54) is 6.26 Å². The van der Waals surface area contributed by atoms with Crippen LogP contribution in [-0.4, -0.2) is 41.4 Å². The van der Waals surface area contributed by atoms with Gasteiger partial charge in [0.2, 0.25) is 10.0 Å². The zero-order chi connectivity index (χ0) is 20.5. The van der Waals surface area contributed by atoms with Crippen LogP contribution in [0, 0.1) is 0 Å². The Balaban J connectivity index is 1.88. The fourth-order valence-corrected chi connectivity index (χ4v) is 5.56. The van der Waals surface area contributed by atoms with E-state index in [1.807, 2.05) is 31.2 Å². The lowest BCUT2D eigenvalue weighted by Crippen LogP contribution is -2.52. The number of aromatic nitrogens is 3. The van der Waals surface area contributed by atoms with Crippen LogP contribution in [0.4, 0.5) is 0 Å². The van der Waals surface area contributed by atoms with E-state index in [0.717, 1.165) is 59.9 Å². The second kappa shape index (κ2) is 8.01. The molecule has 2 aromatic heterocycles. The van der Waals surface area contributed by atoms with Gasteiger partial charge < -0.3 is 9.30 Å². The summed E-state index contributed by atoms with van der Waals surface area (Å²) < 4.78 is 35.2. The van der Waals surface area contributed by atoms with Crippen LogP contribution in [0.3, 0.4) is 0 Å². The van der Waals surface area contributed by atoms with Gasteiger partial charge in [0.25, 0.3) is 0 Å². The molecular weight excluding hydrogens is 388 g/mol. The predicted molar refractivity (Wildman–Crippen MR) is 114 cm³/mol. The number of para-hydroxylation sites is 1. The summed E-state index contributed by atoms with van der Waals surface area (Å²) in [4.78, 5) is 9.33. The molecule has 1 aromatic carbocycles. The van der Waals surface area contributed by atoms with Crippen molar-refractivity contribution in [2.24, 2.45) is 0 Å². The average Bonchev–Trinajstić information content (AvgIpc) is 3.03. The van der Waals surface area contributed by atoms with Crippen LogP contribution in [0.15, 0.2) is 30.5 Å². The zero-order valence-electron chi connectivity index (χ0n) is 17.0. The predicted octanol–water partition coefficient (Wildman–Crippen LogP) is 3.37. The van der Waals surface area contributed by atoms with Gasteiger partial charge in [0, 0.05) is 18.5 Å². The van der Waals surface area contributed by atoms with Crippen molar-refractivity contribution < 1.29 is 13.2 Å². The van der Waals surface area contributed by atoms with Crippen molar-refractivity contribution in [1.29, 1.82) is 0 Å². The molecule has 3 aromatic rings. The Morgan fingerprint density at radius 1 is 1.17 bits per heavy atom. The van der Waals surface area contributed by atoms with Gasteiger partial charge in [-0.1, -0.05) is 37.5 Å². The summed E-state index contributed by atoms with van der Waals surface area (Å²) in [6.07, 6.45) is 7.83. The van der Waals surface area contributed by atoms with E-state index in [4.69, 9.17) is 9.72 Å². The number of hydrogen-bond acceptors (Lipinski definition) is 5. The van der Waals surface area contributed by atoms with E-state index in [2.05, 4.69) is 14.3 Å². The largest absolute Gasteiger partial charge is 0.374 e. The zero-order valence-corrected chi connectivity index (χ0v) is 17.8. The molecule has 0 bridgehead atoms. The number of rotatable bonds is 7. The molecule has 7 nitrogen and oxygen atoms in total. The molecule has 0 amide bonds. The third kappa shape index (κ3) is 4.29. The van der Waals surface area contributed by atoms with Crippen molar-refractivity contribution in [3.8, 4) is 0 Å². The van der Waals surface area contributed by atoms with Crippen LogP contribution in [0.25, 0.3) is 21.9 Å². The average molecular weight is 417 g/mol. The van der Waals surface area contributed by atoms with Crippen LogP contribution in [-0.2, 0) is 27.9 Å². The molecule has 0 unspecified atom stereocenters. The van der Waals surface area contributed by atoms with Crippen molar-refractivity contribution in [2.75, 3.05) is 12.9 Å². The van der Waals surface area contributed by atoms with Crippen LogP contribution < -0.4 is 4.72 Å². The molecule has 0 radical (unpaired) electrons. The van der Waals surface area contributed by atoms with E-state index < -0.39 is 15.6 Å². The molecular formula is C21H28N4O3S. The number of ether oxygens (including phenoxy) is 1. The van der Waals surface area contributed by atoms with Gasteiger partial charge in [0.15, 0.2) is 0 Å². The van der Waals surface area contributed by atoms with Gasteiger partial charge in [-0.05, 0) is 25.8 Å². The van der Waals surface area contributed by atoms with E-state index in [9.17, 15) is 8.42 Å². The molecule has 0 saturated heterocycles. The lowest BCUT2D eigenvalue weighted by atomic mass is 9.82. The van der Waals surface area contributed by atoms with Crippen LogP contribution in [0.5, 0.6) is 0 Å². The molecule has 1 N–H and O–H groups in total. The quantitative estimate of drug-likeness (QED) is 0.638. The Labute approximate surface area is 171 Å². The second-order valence-electron chi connectivity index (χ2n) is 7.98. The maximum Gasteiger partial charge on any atom is 0.209 e. The standard InChI is InChI=1S/C21H28N4O3S/c1-3-28-14-19-23-18-13-22-17-10-6-5-9-16(17)20(18)25(19)15-21(24-29(2,26)27)11-7-4-8-12-21/h5-6,9-10,13,24H,3-4,7-8,11-12,14-15H2,1-2H3. The molecule has 1 aliphatic carbocycles. The van der Waals surface area contributed by atoms with Crippen molar-refractivity contribution in [2.45, 2.75) is 57.7 Å². The minimum Gasteiger partial charge on any atom is -0.374 e. The Kier molecular flexibility index (Phi) is 5.59. The van der Waals surface area contributed by atoms with Crippen molar-refractivity contribution in [3.05, 3.63) is 36.3 Å². The van der Waals surface area contributed by atoms with Crippen LogP contribution in [0.1, 0.15) is 44.9 Å². The molecule has 29 heavy (non-hydrogen) atoms. The molecule has 0 atom stereocenters. The molecule has 8 heteroatoms. The highest BCUT2D eigenvalue weighted by Crippen LogP contribution is 2.33. The summed E-state index contributed by atoms with van der Waals surface area (Å²) in [6.45, 7) is 3.47. The summed E-state index contributed by atoms with van der Waals surface area (Å²) in [5.41, 5.74) is 2.19. The van der Waals surface area contributed by atoms with E-state index in [-0.39, 0.29) is 0 Å². The monoisotopic (exact) mass is 416 g/mol. The summed E-state index contributed by atoms with van der Waals surface area (Å²) >= 11 is 0. The fourth-order valence-electron chi connectivity index (χ4n) is 4.50. The first-order valence-electron chi connectivity index (χ1n) is 10.2. The molecule has 4 rings (SSSR count). The minimum absolute atomic E-state index is 0.383. The van der Waals surface area contributed by atoms with Crippen LogP contribution in [0.2, 0.25) is 0 Å². The van der Waals surface area contributed by atoms with Gasteiger partial charge >= 0.3 is 0 Å². The molecule has 0 spiro atoms. The summed E-state index contributed by atoms with van der Waals surface area (Å²) in [7, 11) is -3.34. The lowest BCUT2D eigenvalue weighted by Gasteiger charge is -2.38. The number of pyridine rings is 1.